The van der Waals surface area contributed by atoms with Crippen LogP contribution in [-0.2, 0) is 0 Å². The van der Waals surface area contributed by atoms with Gasteiger partial charge in [-0.15, -0.1) is 0 Å². The number of rotatable bonds is 1. The van der Waals surface area contributed by atoms with Crippen molar-refractivity contribution in [2.45, 2.75) is 38.1 Å². The van der Waals surface area contributed by atoms with Crippen LogP contribution in [0, 0.1) is 11.8 Å². The van der Waals surface area contributed by atoms with E-state index in [4.69, 9.17) is 0 Å². The smallest absolute Gasteiger partial charge is 0.00955 e. The van der Waals surface area contributed by atoms with Crippen molar-refractivity contribution < 1.29 is 0 Å². The summed E-state index contributed by atoms with van der Waals surface area (Å²) in [7, 11) is 0. The molecule has 1 N–H and O–H groups in total. The first-order valence-electron chi connectivity index (χ1n) is 6.36. The van der Waals surface area contributed by atoms with Gasteiger partial charge in [-0.1, -0.05) is 12.8 Å². The summed E-state index contributed by atoms with van der Waals surface area (Å²) in [6.07, 6.45) is 7.42. The maximum Gasteiger partial charge on any atom is 0.00955 e. The van der Waals surface area contributed by atoms with E-state index in [1.54, 1.807) is 0 Å². The number of hydrogen-bond acceptors (Lipinski definition) is 2. The van der Waals surface area contributed by atoms with Gasteiger partial charge in [0.25, 0.3) is 0 Å². The van der Waals surface area contributed by atoms with Crippen molar-refractivity contribution >= 4 is 0 Å². The molecule has 2 heterocycles. The van der Waals surface area contributed by atoms with Gasteiger partial charge in [0.05, 0.1) is 0 Å². The molecule has 80 valence electrons. The molecule has 0 spiro atoms. The van der Waals surface area contributed by atoms with Crippen molar-refractivity contribution in [3.8, 4) is 0 Å². The van der Waals surface area contributed by atoms with Gasteiger partial charge in [0.1, 0.15) is 0 Å². The third-order valence-corrected chi connectivity index (χ3v) is 4.36. The van der Waals surface area contributed by atoms with E-state index in [9.17, 15) is 0 Å². The highest BCUT2D eigenvalue weighted by atomic mass is 15.2. The van der Waals surface area contributed by atoms with E-state index in [0.29, 0.717) is 0 Å². The fraction of sp³-hybridized carbons (Fsp3) is 1.00. The fourth-order valence-electron chi connectivity index (χ4n) is 3.71. The minimum Gasteiger partial charge on any atom is -0.316 e. The quantitative estimate of drug-likeness (QED) is 0.680. The van der Waals surface area contributed by atoms with E-state index in [1.807, 2.05) is 0 Å². The zero-order valence-electron chi connectivity index (χ0n) is 9.04. The Morgan fingerprint density at radius 1 is 0.929 bits per heavy atom. The zero-order valence-corrected chi connectivity index (χ0v) is 9.04. The lowest BCUT2D eigenvalue weighted by atomic mass is 9.85. The Hall–Kier alpha value is -0.0800. The number of likely N-dealkylation sites (tertiary alicyclic amines) is 1. The molecule has 1 aliphatic carbocycles. The topological polar surface area (TPSA) is 15.3 Å². The van der Waals surface area contributed by atoms with Gasteiger partial charge < -0.3 is 5.32 Å². The Morgan fingerprint density at radius 2 is 1.57 bits per heavy atom. The summed E-state index contributed by atoms with van der Waals surface area (Å²) in [5, 5.41) is 3.57. The van der Waals surface area contributed by atoms with Crippen LogP contribution >= 0.6 is 0 Å². The molecule has 3 aliphatic rings. The molecule has 0 amide bonds. The molecular weight excluding hydrogens is 172 g/mol. The molecule has 2 nitrogen and oxygen atoms in total. The molecule has 2 unspecified atom stereocenters. The Labute approximate surface area is 87.0 Å². The number of fused-ring (bicyclic) bond motifs is 2. The van der Waals surface area contributed by atoms with Crippen molar-refractivity contribution in [3.05, 3.63) is 0 Å². The molecule has 2 atom stereocenters. The van der Waals surface area contributed by atoms with E-state index < -0.39 is 0 Å². The molecule has 0 aromatic rings. The molecule has 2 heteroatoms. The lowest BCUT2D eigenvalue weighted by Crippen LogP contribution is -2.53. The van der Waals surface area contributed by atoms with Crippen molar-refractivity contribution in [3.63, 3.8) is 0 Å². The first-order valence-corrected chi connectivity index (χ1v) is 6.36. The largest absolute Gasteiger partial charge is 0.316 e. The number of nitrogens with zero attached hydrogens (tertiary/aromatic N) is 1. The maximum atomic E-state index is 3.57. The number of nitrogens with one attached hydrogen (secondary N) is 1. The molecule has 3 fully saturated rings. The first-order chi connectivity index (χ1) is 6.92. The zero-order chi connectivity index (χ0) is 9.38. The normalized spacial score (nSPS) is 40.3. The summed E-state index contributed by atoms with van der Waals surface area (Å²) in [6, 6.07) is 0.957. The second-order valence-electron chi connectivity index (χ2n) is 5.52. The van der Waals surface area contributed by atoms with Crippen LogP contribution in [-0.4, -0.2) is 37.1 Å². The van der Waals surface area contributed by atoms with Crippen LogP contribution < -0.4 is 5.32 Å². The van der Waals surface area contributed by atoms with E-state index in [1.165, 1.54) is 58.3 Å². The van der Waals surface area contributed by atoms with Crippen molar-refractivity contribution in [1.82, 2.24) is 10.2 Å². The third-order valence-electron chi connectivity index (χ3n) is 4.36. The van der Waals surface area contributed by atoms with Gasteiger partial charge in [0.2, 0.25) is 0 Å². The van der Waals surface area contributed by atoms with E-state index >= 15 is 0 Å². The van der Waals surface area contributed by atoms with E-state index in [2.05, 4.69) is 10.2 Å². The van der Waals surface area contributed by atoms with Crippen molar-refractivity contribution in [2.24, 2.45) is 11.8 Å². The second kappa shape index (κ2) is 3.82. The minimum absolute atomic E-state index is 0.957. The fourth-order valence-corrected chi connectivity index (χ4v) is 3.71. The monoisotopic (exact) mass is 194 g/mol. The van der Waals surface area contributed by atoms with Gasteiger partial charge in [0, 0.05) is 19.1 Å². The van der Waals surface area contributed by atoms with Gasteiger partial charge in [-0.25, -0.2) is 0 Å². The second-order valence-corrected chi connectivity index (χ2v) is 5.52. The molecule has 0 aromatic heterocycles. The standard InChI is InChI=1S/C12H22N2/c1-2-4-12(3-1)14-8-10-5-11(9-14)7-13-6-10/h10-13H,1-9H2. The highest BCUT2D eigenvalue weighted by Gasteiger charge is 2.34. The maximum absolute atomic E-state index is 3.57. The molecule has 0 radical (unpaired) electrons. The number of hydrogen-bond donors (Lipinski definition) is 1. The first kappa shape index (κ1) is 9.17. The Morgan fingerprint density at radius 3 is 2.21 bits per heavy atom. The van der Waals surface area contributed by atoms with Gasteiger partial charge in [-0.05, 0) is 44.2 Å². The van der Waals surface area contributed by atoms with Crippen LogP contribution in [0.1, 0.15) is 32.1 Å². The molecule has 2 aliphatic heterocycles. The average molecular weight is 194 g/mol. The van der Waals surface area contributed by atoms with Crippen LogP contribution in [0.15, 0.2) is 0 Å². The average Bonchev–Trinajstić information content (AvgIpc) is 2.69. The molecule has 0 aromatic carbocycles. The van der Waals surface area contributed by atoms with Gasteiger partial charge in [-0.3, -0.25) is 4.90 Å². The summed E-state index contributed by atoms with van der Waals surface area (Å²) in [4.78, 5) is 2.81. The summed E-state index contributed by atoms with van der Waals surface area (Å²) >= 11 is 0. The third kappa shape index (κ3) is 1.70. The predicted octanol–water partition coefficient (Wildman–Crippen LogP) is 1.47. The van der Waals surface area contributed by atoms with Crippen LogP contribution in [0.2, 0.25) is 0 Å². The Kier molecular flexibility index (Phi) is 2.50. The molecule has 2 saturated heterocycles. The van der Waals surface area contributed by atoms with Gasteiger partial charge in [-0.2, -0.15) is 0 Å². The summed E-state index contributed by atoms with van der Waals surface area (Å²) in [6.45, 7) is 5.32. The molecule has 3 rings (SSSR count). The highest BCUT2D eigenvalue weighted by Crippen LogP contribution is 2.31. The summed E-state index contributed by atoms with van der Waals surface area (Å²) < 4.78 is 0. The lowest BCUT2D eigenvalue weighted by molar-refractivity contribution is 0.0643. The van der Waals surface area contributed by atoms with E-state index in [0.717, 1.165) is 17.9 Å². The highest BCUT2D eigenvalue weighted by molar-refractivity contribution is 4.89. The number of piperidine rings is 2. The van der Waals surface area contributed by atoms with Gasteiger partial charge in [0.15, 0.2) is 0 Å². The van der Waals surface area contributed by atoms with Crippen LogP contribution in [0.4, 0.5) is 0 Å². The minimum atomic E-state index is 0.957. The SMILES string of the molecule is C1CCC(N2CC3CNCC(C3)C2)C1. The molecule has 14 heavy (non-hydrogen) atoms. The summed E-state index contributed by atoms with van der Waals surface area (Å²) in [5.41, 5.74) is 0. The van der Waals surface area contributed by atoms with Crippen molar-refractivity contribution in [1.29, 1.82) is 0 Å². The van der Waals surface area contributed by atoms with Crippen molar-refractivity contribution in [2.75, 3.05) is 26.2 Å². The summed E-state index contributed by atoms with van der Waals surface area (Å²) in [5.74, 6) is 1.92. The molecular formula is C12H22N2. The Bertz CT molecular complexity index is 186. The van der Waals surface area contributed by atoms with E-state index in [-0.39, 0.29) is 0 Å². The molecule has 1 saturated carbocycles. The van der Waals surface area contributed by atoms with Crippen LogP contribution in [0.3, 0.4) is 0 Å². The lowest BCUT2D eigenvalue weighted by Gasteiger charge is -2.44. The van der Waals surface area contributed by atoms with Crippen LogP contribution in [0.25, 0.3) is 0 Å². The Balaban J connectivity index is 1.64. The van der Waals surface area contributed by atoms with Gasteiger partial charge >= 0.3 is 0 Å². The van der Waals surface area contributed by atoms with Crippen LogP contribution in [0.5, 0.6) is 0 Å². The molecule has 2 bridgehead atoms. The predicted molar refractivity (Wildman–Crippen MR) is 58.3 cm³/mol.